The van der Waals surface area contributed by atoms with Gasteiger partial charge in [0.2, 0.25) is 0 Å². The van der Waals surface area contributed by atoms with E-state index in [1.807, 2.05) is 60.8 Å². The molecule has 1 aromatic heterocycles. The maximum atomic E-state index is 11.7. The standard InChI is InChI=1S/C23H19ClN4O2/c1-25-23(29)21-14-20(10-13-27-21)30-19-8-6-18(7-9-19)28-15-26-12-11-22(28)16-2-4-17(24)5-3-16/h2-14H,15H2,1H3,(H,25,29). The highest BCUT2D eigenvalue weighted by atomic mass is 35.5. The topological polar surface area (TPSA) is 66.8 Å². The molecule has 30 heavy (non-hydrogen) atoms. The molecule has 0 spiro atoms. The van der Waals surface area contributed by atoms with Gasteiger partial charge in [-0.1, -0.05) is 23.7 Å². The van der Waals surface area contributed by atoms with Crippen molar-refractivity contribution >= 4 is 35.1 Å². The number of allylic oxidation sites excluding steroid dienone is 1. The predicted octanol–water partition coefficient (Wildman–Crippen LogP) is 4.78. The molecule has 1 amide bonds. The first-order valence-electron chi connectivity index (χ1n) is 9.34. The lowest BCUT2D eigenvalue weighted by Crippen LogP contribution is -2.24. The summed E-state index contributed by atoms with van der Waals surface area (Å²) in [4.78, 5) is 22.3. The number of hydrogen-bond donors (Lipinski definition) is 1. The summed E-state index contributed by atoms with van der Waals surface area (Å²) in [6.45, 7) is 0.522. The Balaban J connectivity index is 1.53. The molecule has 0 saturated heterocycles. The molecule has 0 fully saturated rings. The van der Waals surface area contributed by atoms with Crippen molar-refractivity contribution in [3.8, 4) is 11.5 Å². The molecule has 0 radical (unpaired) electrons. The van der Waals surface area contributed by atoms with Crippen molar-refractivity contribution in [3.05, 3.63) is 89.2 Å². The number of anilines is 1. The third kappa shape index (κ3) is 4.34. The molecule has 150 valence electrons. The van der Waals surface area contributed by atoms with Crippen LogP contribution in [-0.4, -0.2) is 30.8 Å². The number of amides is 1. The zero-order valence-electron chi connectivity index (χ0n) is 16.2. The Kier molecular flexibility index (Phi) is 5.77. The lowest BCUT2D eigenvalue weighted by atomic mass is 10.1. The molecule has 0 unspecified atom stereocenters. The molecule has 1 aliphatic heterocycles. The molecule has 2 heterocycles. The number of hydrogen-bond acceptors (Lipinski definition) is 5. The Morgan fingerprint density at radius 1 is 1.07 bits per heavy atom. The summed E-state index contributed by atoms with van der Waals surface area (Å²) < 4.78 is 5.88. The molecule has 0 bridgehead atoms. The number of carbonyl (C=O) groups is 1. The van der Waals surface area contributed by atoms with Crippen LogP contribution in [0.1, 0.15) is 16.1 Å². The first kappa shape index (κ1) is 19.7. The van der Waals surface area contributed by atoms with Crippen LogP contribution in [0.2, 0.25) is 5.02 Å². The van der Waals surface area contributed by atoms with E-state index in [1.165, 1.54) is 0 Å². The van der Waals surface area contributed by atoms with Crippen LogP contribution < -0.4 is 15.0 Å². The minimum absolute atomic E-state index is 0.261. The fourth-order valence-corrected chi connectivity index (χ4v) is 3.19. The zero-order chi connectivity index (χ0) is 20.9. The van der Waals surface area contributed by atoms with Crippen molar-refractivity contribution in [1.29, 1.82) is 0 Å². The third-order valence-corrected chi connectivity index (χ3v) is 4.82. The Bertz CT molecular complexity index is 1110. The molecule has 3 aromatic rings. The summed E-state index contributed by atoms with van der Waals surface area (Å²) in [5.41, 5.74) is 3.39. The second kappa shape index (κ2) is 8.80. The number of carbonyl (C=O) groups excluding carboxylic acids is 1. The number of benzene rings is 2. The average Bonchev–Trinajstić information content (AvgIpc) is 2.80. The van der Waals surface area contributed by atoms with Crippen LogP contribution in [0.5, 0.6) is 11.5 Å². The molecular weight excluding hydrogens is 400 g/mol. The third-order valence-electron chi connectivity index (χ3n) is 4.57. The van der Waals surface area contributed by atoms with Gasteiger partial charge in [0.15, 0.2) is 0 Å². The first-order valence-corrected chi connectivity index (χ1v) is 9.71. The number of halogens is 1. The molecular formula is C23H19ClN4O2. The Hall–Kier alpha value is -3.64. The minimum atomic E-state index is -0.261. The van der Waals surface area contributed by atoms with Crippen LogP contribution in [0.3, 0.4) is 0 Å². The average molecular weight is 419 g/mol. The van der Waals surface area contributed by atoms with E-state index in [2.05, 4.69) is 20.2 Å². The van der Waals surface area contributed by atoms with Gasteiger partial charge in [0.25, 0.3) is 5.91 Å². The Labute approximate surface area is 179 Å². The van der Waals surface area contributed by atoms with Crippen LogP contribution in [0.4, 0.5) is 5.69 Å². The number of nitrogens with zero attached hydrogens (tertiary/aromatic N) is 3. The van der Waals surface area contributed by atoms with E-state index < -0.39 is 0 Å². The summed E-state index contributed by atoms with van der Waals surface area (Å²) >= 11 is 6.02. The van der Waals surface area contributed by atoms with Crippen LogP contribution >= 0.6 is 11.6 Å². The minimum Gasteiger partial charge on any atom is -0.457 e. The van der Waals surface area contributed by atoms with Gasteiger partial charge < -0.3 is 15.0 Å². The molecule has 6 nitrogen and oxygen atoms in total. The quantitative estimate of drug-likeness (QED) is 0.647. The predicted molar refractivity (Wildman–Crippen MR) is 119 cm³/mol. The fraction of sp³-hybridized carbons (Fsp3) is 0.0870. The number of nitrogens with one attached hydrogen (secondary N) is 1. The van der Waals surface area contributed by atoms with Crippen LogP contribution in [0.25, 0.3) is 5.70 Å². The lowest BCUT2D eigenvalue weighted by Gasteiger charge is -2.28. The normalized spacial score (nSPS) is 13.0. The monoisotopic (exact) mass is 418 g/mol. The zero-order valence-corrected chi connectivity index (χ0v) is 17.0. The van der Waals surface area contributed by atoms with Gasteiger partial charge in [0, 0.05) is 36.2 Å². The number of ether oxygens (including phenoxy) is 1. The second-order valence-electron chi connectivity index (χ2n) is 6.51. The number of aliphatic imine (C=N–C) groups is 1. The van der Waals surface area contributed by atoms with Gasteiger partial charge in [-0.2, -0.15) is 0 Å². The summed E-state index contributed by atoms with van der Waals surface area (Å²) in [7, 11) is 1.56. The van der Waals surface area contributed by atoms with Gasteiger partial charge in [-0.05, 0) is 54.1 Å². The van der Waals surface area contributed by atoms with Crippen molar-refractivity contribution in [2.24, 2.45) is 4.99 Å². The molecule has 1 N–H and O–H groups in total. The molecule has 2 aromatic carbocycles. The molecule has 0 atom stereocenters. The van der Waals surface area contributed by atoms with Crippen molar-refractivity contribution in [1.82, 2.24) is 10.3 Å². The largest absolute Gasteiger partial charge is 0.457 e. The lowest BCUT2D eigenvalue weighted by molar-refractivity contribution is 0.0958. The maximum Gasteiger partial charge on any atom is 0.269 e. The van der Waals surface area contributed by atoms with Gasteiger partial charge in [0.05, 0.1) is 5.70 Å². The summed E-state index contributed by atoms with van der Waals surface area (Å²) in [5, 5.41) is 3.25. The summed E-state index contributed by atoms with van der Waals surface area (Å²) in [6.07, 6.45) is 5.34. The van der Waals surface area contributed by atoms with E-state index >= 15 is 0 Å². The van der Waals surface area contributed by atoms with Crippen LogP contribution in [0.15, 0.2) is 77.9 Å². The number of pyridine rings is 1. The Morgan fingerprint density at radius 2 is 1.83 bits per heavy atom. The Morgan fingerprint density at radius 3 is 2.57 bits per heavy atom. The van der Waals surface area contributed by atoms with Gasteiger partial charge in [-0.15, -0.1) is 0 Å². The molecule has 1 aliphatic rings. The van der Waals surface area contributed by atoms with E-state index in [0.29, 0.717) is 28.9 Å². The summed E-state index contributed by atoms with van der Waals surface area (Å²) in [6, 6.07) is 18.8. The van der Waals surface area contributed by atoms with Crippen molar-refractivity contribution < 1.29 is 9.53 Å². The van der Waals surface area contributed by atoms with Crippen LogP contribution in [-0.2, 0) is 0 Å². The SMILES string of the molecule is CNC(=O)c1cc(Oc2ccc(N3CN=CC=C3c3ccc(Cl)cc3)cc2)ccn1. The van der Waals surface area contributed by atoms with E-state index in [-0.39, 0.29) is 5.91 Å². The van der Waals surface area contributed by atoms with Crippen molar-refractivity contribution in [2.75, 3.05) is 18.6 Å². The maximum absolute atomic E-state index is 11.7. The number of aromatic nitrogens is 1. The highest BCUT2D eigenvalue weighted by Crippen LogP contribution is 2.31. The highest BCUT2D eigenvalue weighted by molar-refractivity contribution is 6.30. The van der Waals surface area contributed by atoms with Gasteiger partial charge in [-0.25, -0.2) is 0 Å². The molecule has 4 rings (SSSR count). The van der Waals surface area contributed by atoms with Crippen molar-refractivity contribution in [3.63, 3.8) is 0 Å². The fourth-order valence-electron chi connectivity index (χ4n) is 3.07. The van der Waals surface area contributed by atoms with Crippen LogP contribution in [0, 0.1) is 0 Å². The first-order chi connectivity index (χ1) is 14.6. The highest BCUT2D eigenvalue weighted by Gasteiger charge is 2.16. The van der Waals surface area contributed by atoms with Gasteiger partial charge in [-0.3, -0.25) is 14.8 Å². The van der Waals surface area contributed by atoms with E-state index in [4.69, 9.17) is 16.3 Å². The van der Waals surface area contributed by atoms with Gasteiger partial charge in [0.1, 0.15) is 23.9 Å². The molecule has 0 saturated carbocycles. The van der Waals surface area contributed by atoms with Gasteiger partial charge >= 0.3 is 0 Å². The van der Waals surface area contributed by atoms with E-state index in [0.717, 1.165) is 16.9 Å². The van der Waals surface area contributed by atoms with E-state index in [9.17, 15) is 4.79 Å². The second-order valence-corrected chi connectivity index (χ2v) is 6.95. The van der Waals surface area contributed by atoms with E-state index in [1.54, 1.807) is 25.4 Å². The number of rotatable bonds is 5. The molecule has 0 aliphatic carbocycles. The summed E-state index contributed by atoms with van der Waals surface area (Å²) in [5.74, 6) is 0.939. The van der Waals surface area contributed by atoms with Crippen molar-refractivity contribution in [2.45, 2.75) is 0 Å². The smallest absolute Gasteiger partial charge is 0.269 e. The molecule has 7 heteroatoms.